The van der Waals surface area contributed by atoms with Crippen molar-refractivity contribution in [2.24, 2.45) is 0 Å². The summed E-state index contributed by atoms with van der Waals surface area (Å²) in [7, 11) is 1.23. The molecule has 0 radical (unpaired) electrons. The molecule has 2 aromatic heterocycles. The summed E-state index contributed by atoms with van der Waals surface area (Å²) in [5.41, 5.74) is 0.454. The smallest absolute Gasteiger partial charge is 0.420 e. The van der Waals surface area contributed by atoms with Crippen molar-refractivity contribution < 1.29 is 32.6 Å². The number of nitrogens with one attached hydrogen (secondary N) is 1. The number of benzene rings is 1. The molecule has 1 aromatic carbocycles. The molecule has 1 fully saturated rings. The van der Waals surface area contributed by atoms with Gasteiger partial charge in [0.1, 0.15) is 23.0 Å². The number of aromatic nitrogens is 3. The number of amides is 1. The van der Waals surface area contributed by atoms with Crippen LogP contribution in [-0.4, -0.2) is 52.1 Å². The number of hydrogen-bond acceptors (Lipinski definition) is 8. The summed E-state index contributed by atoms with van der Waals surface area (Å²) in [6.45, 7) is 0.803. The number of pyridine rings is 1. The van der Waals surface area contributed by atoms with Crippen molar-refractivity contribution in [1.82, 2.24) is 19.9 Å². The van der Waals surface area contributed by atoms with Gasteiger partial charge in [-0.1, -0.05) is 18.2 Å². The maximum atomic E-state index is 13.6. The number of nitrogens with zero attached hydrogens (tertiary/aromatic N) is 4. The number of likely N-dealkylation sites (tertiary alicyclic amines) is 1. The number of anilines is 2. The van der Waals surface area contributed by atoms with E-state index < -0.39 is 29.5 Å². The number of hydrogen-bond donors (Lipinski definition) is 1. The molecule has 3 aromatic rings. The molecular formula is C27H23F3N5O4-. The van der Waals surface area contributed by atoms with Gasteiger partial charge in [-0.25, -0.2) is 15.0 Å². The van der Waals surface area contributed by atoms with Gasteiger partial charge in [-0.15, -0.1) is 0 Å². The van der Waals surface area contributed by atoms with E-state index in [9.17, 15) is 27.9 Å². The van der Waals surface area contributed by atoms with Gasteiger partial charge in [0.05, 0.1) is 13.5 Å². The standard InChI is InChI=1S/C27H24F3N5O4/c1-39-24(36)15-19-3-2-12-31-22(19)8-9-23-21(27(28,29)30)16-32-25(34-23)33-20-6-4-17(5-7-20)18-10-13-35(14-11-18)26(37)38/h2-7,12,16,18H,10-11,13-15H2,1H3,(H,37,38)(H,32,33,34)/p-1. The fourth-order valence-electron chi connectivity index (χ4n) is 4.15. The van der Waals surface area contributed by atoms with E-state index in [2.05, 4.69) is 36.8 Å². The first-order chi connectivity index (χ1) is 18.6. The molecule has 1 aliphatic heterocycles. The highest BCUT2D eigenvalue weighted by Crippen LogP contribution is 2.32. The van der Waals surface area contributed by atoms with E-state index in [1.54, 1.807) is 24.3 Å². The van der Waals surface area contributed by atoms with Crippen LogP contribution in [0.25, 0.3) is 0 Å². The molecule has 4 rings (SSSR count). The van der Waals surface area contributed by atoms with Crippen LogP contribution in [-0.2, 0) is 22.1 Å². The predicted molar refractivity (Wildman–Crippen MR) is 132 cm³/mol. The molecule has 1 aliphatic rings. The van der Waals surface area contributed by atoms with Crippen LogP contribution in [0.3, 0.4) is 0 Å². The van der Waals surface area contributed by atoms with Gasteiger partial charge in [0.2, 0.25) is 5.95 Å². The molecule has 1 N–H and O–H groups in total. The monoisotopic (exact) mass is 538 g/mol. The lowest BCUT2D eigenvalue weighted by Crippen LogP contribution is -2.45. The maximum Gasteiger partial charge on any atom is 0.420 e. The Hall–Kier alpha value is -4.66. The number of methoxy groups -OCH3 is 1. The molecule has 0 saturated carbocycles. The first-order valence-corrected chi connectivity index (χ1v) is 11.9. The van der Waals surface area contributed by atoms with Crippen LogP contribution in [0.2, 0.25) is 0 Å². The quantitative estimate of drug-likeness (QED) is 0.388. The van der Waals surface area contributed by atoms with E-state index in [-0.39, 0.29) is 24.0 Å². The highest BCUT2D eigenvalue weighted by Gasteiger charge is 2.35. The third-order valence-electron chi connectivity index (χ3n) is 6.24. The Morgan fingerprint density at radius 1 is 1.10 bits per heavy atom. The van der Waals surface area contributed by atoms with Gasteiger partial charge in [-0.3, -0.25) is 4.79 Å². The lowest BCUT2D eigenvalue weighted by atomic mass is 9.89. The van der Waals surface area contributed by atoms with E-state index >= 15 is 0 Å². The molecule has 9 nitrogen and oxygen atoms in total. The van der Waals surface area contributed by atoms with Gasteiger partial charge >= 0.3 is 12.1 Å². The Labute approximate surface area is 222 Å². The summed E-state index contributed by atoms with van der Waals surface area (Å²) in [6.07, 6.45) is -2.63. The highest BCUT2D eigenvalue weighted by atomic mass is 19.4. The SMILES string of the molecule is COC(=O)Cc1cccnc1C#Cc1nc(Nc2ccc(C3CCN(C(=O)[O-])CC3)cc2)ncc1C(F)(F)F. The van der Waals surface area contributed by atoms with Gasteiger partial charge < -0.3 is 24.9 Å². The number of alkyl halides is 3. The topological polar surface area (TPSA) is 120 Å². The minimum atomic E-state index is -4.74. The molecule has 1 amide bonds. The highest BCUT2D eigenvalue weighted by molar-refractivity contribution is 5.73. The summed E-state index contributed by atoms with van der Waals surface area (Å²) in [5, 5.41) is 13.9. The molecule has 0 aliphatic carbocycles. The molecule has 0 unspecified atom stereocenters. The molecule has 3 heterocycles. The molecule has 39 heavy (non-hydrogen) atoms. The molecule has 1 saturated heterocycles. The number of esters is 1. The van der Waals surface area contributed by atoms with E-state index in [0.29, 0.717) is 43.4 Å². The number of rotatable bonds is 5. The normalized spacial score (nSPS) is 13.8. The molecule has 12 heteroatoms. The zero-order valence-electron chi connectivity index (χ0n) is 20.8. The van der Waals surface area contributed by atoms with Gasteiger partial charge in [-0.05, 0) is 59.9 Å². The summed E-state index contributed by atoms with van der Waals surface area (Å²) in [4.78, 5) is 35.8. The second kappa shape index (κ2) is 11.8. The van der Waals surface area contributed by atoms with E-state index in [0.717, 1.165) is 5.56 Å². The molecular weight excluding hydrogens is 515 g/mol. The lowest BCUT2D eigenvalue weighted by molar-refractivity contribution is -0.266. The van der Waals surface area contributed by atoms with Crippen LogP contribution in [0.5, 0.6) is 0 Å². The number of halogens is 3. The first-order valence-electron chi connectivity index (χ1n) is 11.9. The van der Waals surface area contributed by atoms with Crippen molar-refractivity contribution in [1.29, 1.82) is 0 Å². The van der Waals surface area contributed by atoms with E-state index in [1.165, 1.54) is 18.2 Å². The average Bonchev–Trinajstić information content (AvgIpc) is 2.92. The fraction of sp³-hybridized carbons (Fsp3) is 0.296. The van der Waals surface area contributed by atoms with Crippen molar-refractivity contribution in [3.05, 3.63) is 76.9 Å². The van der Waals surface area contributed by atoms with Crippen molar-refractivity contribution in [2.75, 3.05) is 25.5 Å². The molecule has 202 valence electrons. The summed E-state index contributed by atoms with van der Waals surface area (Å²) in [6, 6.07) is 10.4. The van der Waals surface area contributed by atoms with Gasteiger partial charge in [0.15, 0.2) is 0 Å². The van der Waals surface area contributed by atoms with Crippen LogP contribution in [0.4, 0.5) is 29.6 Å². The number of ether oxygens (including phenoxy) is 1. The first kappa shape index (κ1) is 27.4. The number of carbonyl (C=O) groups excluding carboxylic acids is 2. The Morgan fingerprint density at radius 3 is 2.44 bits per heavy atom. The van der Waals surface area contributed by atoms with Crippen LogP contribution >= 0.6 is 0 Å². The Balaban J connectivity index is 1.54. The van der Waals surface area contributed by atoms with Crippen molar-refractivity contribution in [2.45, 2.75) is 31.4 Å². The lowest BCUT2D eigenvalue weighted by Gasteiger charge is -2.33. The number of carbonyl (C=O) groups is 2. The van der Waals surface area contributed by atoms with Crippen molar-refractivity contribution in [3.8, 4) is 11.8 Å². The van der Waals surface area contributed by atoms with Crippen LogP contribution in [0, 0.1) is 11.8 Å². The Morgan fingerprint density at radius 2 is 1.79 bits per heavy atom. The summed E-state index contributed by atoms with van der Waals surface area (Å²) in [5.74, 6) is 4.58. The average molecular weight is 539 g/mol. The van der Waals surface area contributed by atoms with E-state index in [1.807, 2.05) is 12.1 Å². The number of piperidine rings is 1. The second-order valence-electron chi connectivity index (χ2n) is 8.74. The Kier molecular flexibility index (Phi) is 8.29. The third-order valence-corrected chi connectivity index (χ3v) is 6.24. The van der Waals surface area contributed by atoms with Crippen LogP contribution in [0.15, 0.2) is 48.8 Å². The van der Waals surface area contributed by atoms with Crippen LogP contribution in [0.1, 0.15) is 46.8 Å². The van der Waals surface area contributed by atoms with Gasteiger partial charge in [-0.2, -0.15) is 13.2 Å². The predicted octanol–water partition coefficient (Wildman–Crippen LogP) is 3.27. The largest absolute Gasteiger partial charge is 0.530 e. The van der Waals surface area contributed by atoms with Crippen molar-refractivity contribution in [3.63, 3.8) is 0 Å². The van der Waals surface area contributed by atoms with Crippen LogP contribution < -0.4 is 10.4 Å². The summed E-state index contributed by atoms with van der Waals surface area (Å²) < 4.78 is 45.6. The molecule has 0 spiro atoms. The number of carboxylic acid groups (broad SMARTS) is 1. The third kappa shape index (κ3) is 7.01. The molecule has 0 bridgehead atoms. The zero-order chi connectivity index (χ0) is 28.0. The summed E-state index contributed by atoms with van der Waals surface area (Å²) >= 11 is 0. The van der Waals surface area contributed by atoms with Crippen molar-refractivity contribution >= 4 is 23.7 Å². The fourth-order valence-corrected chi connectivity index (χ4v) is 4.15. The van der Waals surface area contributed by atoms with E-state index in [4.69, 9.17) is 0 Å². The zero-order valence-corrected chi connectivity index (χ0v) is 20.8. The minimum absolute atomic E-state index is 0.0851. The Bertz CT molecular complexity index is 1410. The second-order valence-corrected chi connectivity index (χ2v) is 8.74. The molecule has 0 atom stereocenters. The van der Waals surface area contributed by atoms with Gasteiger partial charge in [0.25, 0.3) is 0 Å². The minimum Gasteiger partial charge on any atom is -0.530 e. The maximum absolute atomic E-state index is 13.6. The van der Waals surface area contributed by atoms with Gasteiger partial charge in [0, 0.05) is 31.2 Å².